The molecule has 3 aromatic rings. The van der Waals surface area contributed by atoms with E-state index >= 15 is 0 Å². The van der Waals surface area contributed by atoms with Crippen LogP contribution in [0.15, 0.2) is 48.7 Å². The minimum absolute atomic E-state index is 0.0242. The molecule has 0 aliphatic rings. The van der Waals surface area contributed by atoms with Gasteiger partial charge in [-0.05, 0) is 24.3 Å². The highest BCUT2D eigenvalue weighted by Gasteiger charge is 2.17. The maximum Gasteiger partial charge on any atom is 0.322 e. The first-order valence-corrected chi connectivity index (χ1v) is 7.63. The van der Waals surface area contributed by atoms with Gasteiger partial charge >= 0.3 is 5.97 Å². The van der Waals surface area contributed by atoms with E-state index in [0.717, 1.165) is 5.56 Å². The van der Waals surface area contributed by atoms with Crippen molar-refractivity contribution in [1.82, 2.24) is 14.7 Å². The van der Waals surface area contributed by atoms with E-state index in [9.17, 15) is 9.59 Å². The Labute approximate surface area is 142 Å². The normalized spacial score (nSPS) is 10.7. The number of aromatic nitrogens is 2. The van der Waals surface area contributed by atoms with Crippen LogP contribution in [0.5, 0.6) is 0 Å². The van der Waals surface area contributed by atoms with Gasteiger partial charge in [0.05, 0.1) is 17.8 Å². The monoisotopic (exact) mass is 343 g/mol. The molecule has 0 spiro atoms. The third kappa shape index (κ3) is 3.38. The van der Waals surface area contributed by atoms with Gasteiger partial charge in [-0.2, -0.15) is 0 Å². The Balaban J connectivity index is 2.00. The van der Waals surface area contributed by atoms with Crippen molar-refractivity contribution < 1.29 is 14.7 Å². The van der Waals surface area contributed by atoms with Crippen LogP contribution in [0.3, 0.4) is 0 Å². The highest BCUT2D eigenvalue weighted by atomic mass is 35.5. The Morgan fingerprint density at radius 2 is 1.92 bits per heavy atom. The lowest BCUT2D eigenvalue weighted by Gasteiger charge is -2.06. The number of pyridine rings is 1. The summed E-state index contributed by atoms with van der Waals surface area (Å²) >= 11 is 5.93. The van der Waals surface area contributed by atoms with Crippen LogP contribution < -0.4 is 5.32 Å². The summed E-state index contributed by atoms with van der Waals surface area (Å²) in [5.74, 6) is -1.46. The second-order valence-corrected chi connectivity index (χ2v) is 5.63. The molecule has 3 rings (SSSR count). The predicted octanol–water partition coefficient (Wildman–Crippen LogP) is 2.40. The van der Waals surface area contributed by atoms with Gasteiger partial charge in [0.25, 0.3) is 0 Å². The van der Waals surface area contributed by atoms with Crippen LogP contribution in [0.2, 0.25) is 5.02 Å². The lowest BCUT2D eigenvalue weighted by Crippen LogP contribution is -2.30. The van der Waals surface area contributed by atoms with Crippen molar-refractivity contribution >= 4 is 29.1 Å². The summed E-state index contributed by atoms with van der Waals surface area (Å²) in [6.07, 6.45) is 1.85. The van der Waals surface area contributed by atoms with Crippen molar-refractivity contribution in [2.24, 2.45) is 0 Å². The summed E-state index contributed by atoms with van der Waals surface area (Å²) in [6, 6.07) is 12.7. The summed E-state index contributed by atoms with van der Waals surface area (Å²) in [5, 5.41) is 11.7. The van der Waals surface area contributed by atoms with Gasteiger partial charge in [0.2, 0.25) is 5.91 Å². The van der Waals surface area contributed by atoms with Gasteiger partial charge in [-0.1, -0.05) is 29.8 Å². The number of rotatable bonds is 5. The van der Waals surface area contributed by atoms with E-state index in [4.69, 9.17) is 16.7 Å². The van der Waals surface area contributed by atoms with Gasteiger partial charge in [-0.25, -0.2) is 4.98 Å². The highest BCUT2D eigenvalue weighted by molar-refractivity contribution is 6.30. The molecule has 0 bridgehead atoms. The molecule has 1 amide bonds. The molecule has 0 aliphatic heterocycles. The van der Waals surface area contributed by atoms with Gasteiger partial charge in [0, 0.05) is 16.8 Å². The average Bonchev–Trinajstić information content (AvgIpc) is 2.92. The van der Waals surface area contributed by atoms with E-state index < -0.39 is 12.5 Å². The fourth-order valence-electron chi connectivity index (χ4n) is 2.44. The molecule has 7 heteroatoms. The minimum Gasteiger partial charge on any atom is -0.480 e. The molecule has 6 nitrogen and oxygen atoms in total. The molecule has 0 saturated carbocycles. The van der Waals surface area contributed by atoms with Crippen molar-refractivity contribution in [3.63, 3.8) is 0 Å². The Bertz CT molecular complexity index is 903. The first-order chi connectivity index (χ1) is 11.5. The molecular formula is C17H14ClN3O3. The summed E-state index contributed by atoms with van der Waals surface area (Å²) in [5.41, 5.74) is 2.91. The summed E-state index contributed by atoms with van der Waals surface area (Å²) < 4.78 is 1.82. The quantitative estimate of drug-likeness (QED) is 0.745. The molecule has 2 N–H and O–H groups in total. The zero-order valence-electron chi connectivity index (χ0n) is 12.6. The molecular weight excluding hydrogens is 330 g/mol. The number of fused-ring (bicyclic) bond motifs is 1. The number of hydrogen-bond acceptors (Lipinski definition) is 3. The molecule has 0 saturated heterocycles. The Morgan fingerprint density at radius 1 is 1.17 bits per heavy atom. The number of halogens is 1. The van der Waals surface area contributed by atoms with Crippen LogP contribution in [0, 0.1) is 0 Å². The topological polar surface area (TPSA) is 83.7 Å². The summed E-state index contributed by atoms with van der Waals surface area (Å²) in [6.45, 7) is -0.411. The van der Waals surface area contributed by atoms with Gasteiger partial charge < -0.3 is 14.8 Å². The fraction of sp³-hybridized carbons (Fsp3) is 0.118. The van der Waals surface area contributed by atoms with Crippen molar-refractivity contribution in [3.8, 4) is 11.3 Å². The molecule has 122 valence electrons. The maximum atomic E-state index is 12.1. The molecule has 2 heterocycles. The van der Waals surface area contributed by atoms with E-state index in [1.165, 1.54) is 0 Å². The van der Waals surface area contributed by atoms with E-state index in [0.29, 0.717) is 22.1 Å². The van der Waals surface area contributed by atoms with Crippen molar-refractivity contribution in [3.05, 3.63) is 59.4 Å². The Kier molecular flexibility index (Phi) is 4.48. The largest absolute Gasteiger partial charge is 0.480 e. The van der Waals surface area contributed by atoms with E-state index in [1.807, 2.05) is 40.9 Å². The van der Waals surface area contributed by atoms with E-state index in [2.05, 4.69) is 10.3 Å². The number of nitrogens with zero attached hydrogens (tertiary/aromatic N) is 2. The van der Waals surface area contributed by atoms with Gasteiger partial charge in [0.15, 0.2) is 0 Å². The van der Waals surface area contributed by atoms with Crippen molar-refractivity contribution in [2.75, 3.05) is 6.54 Å². The third-order valence-electron chi connectivity index (χ3n) is 3.51. The number of carbonyl (C=O) groups is 2. The average molecular weight is 344 g/mol. The second-order valence-electron chi connectivity index (χ2n) is 5.19. The van der Waals surface area contributed by atoms with Crippen molar-refractivity contribution in [2.45, 2.75) is 6.42 Å². The van der Waals surface area contributed by atoms with E-state index in [-0.39, 0.29) is 12.3 Å². The first kappa shape index (κ1) is 16.0. The Hall–Kier alpha value is -2.86. The van der Waals surface area contributed by atoms with Crippen LogP contribution in [0.25, 0.3) is 16.9 Å². The lowest BCUT2D eigenvalue weighted by atomic mass is 10.1. The number of hydrogen-bond donors (Lipinski definition) is 2. The first-order valence-electron chi connectivity index (χ1n) is 7.25. The highest BCUT2D eigenvalue weighted by Crippen LogP contribution is 2.26. The minimum atomic E-state index is -1.08. The standard InChI is InChI=1S/C17H14ClN3O3/c18-12-6-4-11(5-7-12)17-13(9-15(22)19-10-16(23)24)21-8-2-1-3-14(21)20-17/h1-8H,9-10H2,(H,19,22)(H,23,24). The second kappa shape index (κ2) is 6.72. The molecule has 0 fully saturated rings. The summed E-state index contributed by atoms with van der Waals surface area (Å²) in [7, 11) is 0. The number of amides is 1. The lowest BCUT2D eigenvalue weighted by molar-refractivity contribution is -0.137. The van der Waals surface area contributed by atoms with Crippen LogP contribution in [-0.4, -0.2) is 32.9 Å². The number of carboxylic acid groups (broad SMARTS) is 1. The fourth-order valence-corrected chi connectivity index (χ4v) is 2.57. The predicted molar refractivity (Wildman–Crippen MR) is 90.0 cm³/mol. The number of carbonyl (C=O) groups excluding carboxylic acids is 1. The zero-order valence-corrected chi connectivity index (χ0v) is 13.3. The SMILES string of the molecule is O=C(O)CNC(=O)Cc1c(-c2ccc(Cl)cc2)nc2ccccn12. The summed E-state index contributed by atoms with van der Waals surface area (Å²) in [4.78, 5) is 27.2. The molecule has 2 aromatic heterocycles. The number of aliphatic carboxylic acids is 1. The van der Waals surface area contributed by atoms with Gasteiger partial charge in [-0.3, -0.25) is 9.59 Å². The van der Waals surface area contributed by atoms with Gasteiger partial charge in [-0.15, -0.1) is 0 Å². The third-order valence-corrected chi connectivity index (χ3v) is 3.76. The Morgan fingerprint density at radius 3 is 2.62 bits per heavy atom. The van der Waals surface area contributed by atoms with Crippen LogP contribution in [0.4, 0.5) is 0 Å². The molecule has 0 aliphatic carbocycles. The van der Waals surface area contributed by atoms with Crippen molar-refractivity contribution in [1.29, 1.82) is 0 Å². The molecule has 0 radical (unpaired) electrons. The molecule has 0 atom stereocenters. The molecule has 24 heavy (non-hydrogen) atoms. The van der Waals surface area contributed by atoms with Gasteiger partial charge in [0.1, 0.15) is 12.2 Å². The van der Waals surface area contributed by atoms with Crippen LogP contribution in [0.1, 0.15) is 5.69 Å². The molecule has 0 unspecified atom stereocenters. The van der Waals surface area contributed by atoms with E-state index in [1.54, 1.807) is 12.1 Å². The maximum absolute atomic E-state index is 12.1. The number of imidazole rings is 1. The number of benzene rings is 1. The number of carboxylic acids is 1. The zero-order chi connectivity index (χ0) is 17.1. The number of nitrogens with one attached hydrogen (secondary N) is 1. The smallest absolute Gasteiger partial charge is 0.322 e. The molecule has 1 aromatic carbocycles. The van der Waals surface area contributed by atoms with Crippen LogP contribution in [-0.2, 0) is 16.0 Å². The van der Waals surface area contributed by atoms with Crippen LogP contribution >= 0.6 is 11.6 Å².